The molecular weight excluding hydrogens is 480 g/mol. The molecule has 154 valence electrons. The molecule has 3 N–H and O–H groups in total. The van der Waals surface area contributed by atoms with E-state index in [1.165, 1.54) is 19.2 Å². The minimum atomic E-state index is -0.676. The highest BCUT2D eigenvalue weighted by Gasteiger charge is 2.14. The minimum Gasteiger partial charge on any atom is -0.505 e. The molecule has 0 amide bonds. The smallest absolute Gasteiger partial charge is 0.203 e. The predicted octanol–water partition coefficient (Wildman–Crippen LogP) is 3.75. The van der Waals surface area contributed by atoms with Crippen LogP contribution in [0.25, 0.3) is 0 Å². The van der Waals surface area contributed by atoms with Crippen molar-refractivity contribution in [2.75, 3.05) is 33.2 Å². The maximum Gasteiger partial charge on any atom is 0.203 e. The van der Waals surface area contributed by atoms with E-state index in [4.69, 9.17) is 14.2 Å². The maximum atomic E-state index is 13.5. The summed E-state index contributed by atoms with van der Waals surface area (Å²) < 4.78 is 29.5. The van der Waals surface area contributed by atoms with Crippen LogP contribution in [0, 0.1) is 5.82 Å². The van der Waals surface area contributed by atoms with Gasteiger partial charge in [-0.15, -0.1) is 24.0 Å². The number of nitrogens with zero attached hydrogens (tertiary/aromatic N) is 1. The molecule has 0 radical (unpaired) electrons. The molecule has 2 rings (SSSR count). The molecule has 28 heavy (non-hydrogen) atoms. The van der Waals surface area contributed by atoms with Gasteiger partial charge in [0.05, 0.1) is 27.9 Å². The predicted molar refractivity (Wildman–Crippen MR) is 118 cm³/mol. The Balaban J connectivity index is 0.00000392. The number of aromatic hydroxyl groups is 1. The lowest BCUT2D eigenvalue weighted by Crippen LogP contribution is -2.30. The van der Waals surface area contributed by atoms with Crippen molar-refractivity contribution in [3.63, 3.8) is 0 Å². The lowest BCUT2D eigenvalue weighted by atomic mass is 10.2. The molecule has 2 aromatic carbocycles. The van der Waals surface area contributed by atoms with Crippen molar-refractivity contribution in [1.82, 2.24) is 5.32 Å². The van der Waals surface area contributed by atoms with Gasteiger partial charge in [-0.2, -0.15) is 0 Å². The highest BCUT2D eigenvalue weighted by molar-refractivity contribution is 14.0. The second-order valence-electron chi connectivity index (χ2n) is 5.52. The van der Waals surface area contributed by atoms with E-state index in [0.717, 1.165) is 0 Å². The van der Waals surface area contributed by atoms with Crippen LogP contribution in [0.5, 0.6) is 23.0 Å². The number of rotatable bonds is 7. The number of guanidine groups is 1. The largest absolute Gasteiger partial charge is 0.505 e. The molecular formula is C19H25FIN3O4. The molecule has 9 heteroatoms. The van der Waals surface area contributed by atoms with Crippen LogP contribution in [-0.4, -0.2) is 38.9 Å². The zero-order chi connectivity index (χ0) is 19.8. The molecule has 0 fully saturated rings. The van der Waals surface area contributed by atoms with Crippen molar-refractivity contribution in [3.05, 3.63) is 41.7 Å². The number of aliphatic imine (C=N–C) groups is 1. The lowest BCUT2D eigenvalue weighted by Gasteiger charge is -2.16. The Kier molecular flexibility index (Phi) is 9.63. The Labute approximate surface area is 180 Å². The number of hydrogen-bond acceptors (Lipinski definition) is 5. The third-order valence-corrected chi connectivity index (χ3v) is 3.70. The zero-order valence-corrected chi connectivity index (χ0v) is 18.5. The summed E-state index contributed by atoms with van der Waals surface area (Å²) in [6.45, 7) is 2.81. The second kappa shape index (κ2) is 11.4. The van der Waals surface area contributed by atoms with E-state index in [0.29, 0.717) is 41.0 Å². The maximum absolute atomic E-state index is 13.5. The van der Waals surface area contributed by atoms with Crippen LogP contribution in [0.3, 0.4) is 0 Å². The van der Waals surface area contributed by atoms with Crippen molar-refractivity contribution >= 4 is 35.6 Å². The Morgan fingerprint density at radius 1 is 1.07 bits per heavy atom. The SMILES string of the molecule is CCNC(=NCc1ccc(O)c(F)c1)Nc1cc(OC)c(OC)c(OC)c1.I. The fourth-order valence-electron chi connectivity index (χ4n) is 2.42. The van der Waals surface area contributed by atoms with Gasteiger partial charge in [-0.3, -0.25) is 0 Å². The monoisotopic (exact) mass is 505 g/mol. The van der Waals surface area contributed by atoms with Gasteiger partial charge in [0.2, 0.25) is 5.75 Å². The van der Waals surface area contributed by atoms with Crippen molar-refractivity contribution in [2.45, 2.75) is 13.5 Å². The zero-order valence-electron chi connectivity index (χ0n) is 16.2. The van der Waals surface area contributed by atoms with Crippen LogP contribution in [0.4, 0.5) is 10.1 Å². The number of phenols is 1. The number of phenolic OH excluding ortho intramolecular Hbond substituents is 1. The quantitative estimate of drug-likeness (QED) is 0.302. The Hall–Kier alpha value is -2.43. The van der Waals surface area contributed by atoms with Crippen molar-refractivity contribution in [1.29, 1.82) is 0 Å². The summed E-state index contributed by atoms with van der Waals surface area (Å²) in [5.74, 6) is 0.953. The topological polar surface area (TPSA) is 84.3 Å². The summed E-state index contributed by atoms with van der Waals surface area (Å²) in [5.41, 5.74) is 1.31. The van der Waals surface area contributed by atoms with E-state index < -0.39 is 5.82 Å². The summed E-state index contributed by atoms with van der Waals surface area (Å²) in [4.78, 5) is 4.44. The molecule has 0 aromatic heterocycles. The Morgan fingerprint density at radius 2 is 1.71 bits per heavy atom. The third kappa shape index (κ3) is 6.04. The fraction of sp³-hybridized carbons (Fsp3) is 0.316. The standard InChI is InChI=1S/C19H24FN3O4.HI/c1-5-21-19(22-11-12-6-7-15(24)14(20)8-12)23-13-9-16(25-2)18(27-4)17(10-13)26-3;/h6-10,24H,5,11H2,1-4H3,(H2,21,22,23);1H. The molecule has 0 atom stereocenters. The number of nitrogens with one attached hydrogen (secondary N) is 2. The first-order valence-electron chi connectivity index (χ1n) is 8.35. The van der Waals surface area contributed by atoms with E-state index in [2.05, 4.69) is 15.6 Å². The van der Waals surface area contributed by atoms with E-state index >= 15 is 0 Å². The Bertz CT molecular complexity index is 793. The van der Waals surface area contributed by atoms with Gasteiger partial charge in [0, 0.05) is 24.4 Å². The average Bonchev–Trinajstić information content (AvgIpc) is 2.67. The molecule has 0 aliphatic heterocycles. The van der Waals surface area contributed by atoms with Crippen LogP contribution in [0.15, 0.2) is 35.3 Å². The molecule has 0 aliphatic carbocycles. The molecule has 7 nitrogen and oxygen atoms in total. The molecule has 0 aliphatic rings. The second-order valence-corrected chi connectivity index (χ2v) is 5.52. The van der Waals surface area contributed by atoms with E-state index in [1.54, 1.807) is 32.4 Å². The molecule has 0 bridgehead atoms. The van der Waals surface area contributed by atoms with Crippen molar-refractivity contribution < 1.29 is 23.7 Å². The first-order chi connectivity index (χ1) is 13.0. The molecule has 0 saturated heterocycles. The highest BCUT2D eigenvalue weighted by atomic mass is 127. The summed E-state index contributed by atoms with van der Waals surface area (Å²) in [5, 5.41) is 15.5. The summed E-state index contributed by atoms with van der Waals surface area (Å²) in [6, 6.07) is 7.69. The summed E-state index contributed by atoms with van der Waals surface area (Å²) in [6.07, 6.45) is 0. The van der Waals surface area contributed by atoms with Gasteiger partial charge in [-0.25, -0.2) is 9.38 Å². The van der Waals surface area contributed by atoms with Crippen molar-refractivity contribution in [3.8, 4) is 23.0 Å². The van der Waals surface area contributed by atoms with Gasteiger partial charge in [0.15, 0.2) is 29.0 Å². The summed E-state index contributed by atoms with van der Waals surface area (Å²) in [7, 11) is 4.62. The average molecular weight is 505 g/mol. The van der Waals surface area contributed by atoms with Gasteiger partial charge in [0.25, 0.3) is 0 Å². The van der Waals surface area contributed by atoms with E-state index in [9.17, 15) is 9.50 Å². The van der Waals surface area contributed by atoms with Crippen LogP contribution < -0.4 is 24.8 Å². The first-order valence-corrected chi connectivity index (χ1v) is 8.35. The molecule has 0 heterocycles. The van der Waals surface area contributed by atoms with Gasteiger partial charge in [0.1, 0.15) is 0 Å². The number of hydrogen-bond donors (Lipinski definition) is 3. The van der Waals surface area contributed by atoms with Gasteiger partial charge in [-0.05, 0) is 24.6 Å². The van der Waals surface area contributed by atoms with E-state index in [1.807, 2.05) is 6.92 Å². The number of halogens is 2. The number of ether oxygens (including phenoxy) is 3. The third-order valence-electron chi connectivity index (χ3n) is 3.70. The lowest BCUT2D eigenvalue weighted by molar-refractivity contribution is 0.324. The molecule has 0 unspecified atom stereocenters. The van der Waals surface area contributed by atoms with Crippen LogP contribution in [0.2, 0.25) is 0 Å². The Morgan fingerprint density at radius 3 is 2.21 bits per heavy atom. The fourth-order valence-corrected chi connectivity index (χ4v) is 2.42. The van der Waals surface area contributed by atoms with Crippen LogP contribution in [0.1, 0.15) is 12.5 Å². The van der Waals surface area contributed by atoms with Crippen LogP contribution in [-0.2, 0) is 6.54 Å². The van der Waals surface area contributed by atoms with Gasteiger partial charge >= 0.3 is 0 Å². The van der Waals surface area contributed by atoms with Gasteiger partial charge in [-0.1, -0.05) is 6.07 Å². The van der Waals surface area contributed by atoms with Crippen molar-refractivity contribution in [2.24, 2.45) is 4.99 Å². The number of anilines is 1. The summed E-state index contributed by atoms with van der Waals surface area (Å²) >= 11 is 0. The first kappa shape index (κ1) is 23.6. The van der Waals surface area contributed by atoms with Crippen LogP contribution >= 0.6 is 24.0 Å². The number of benzene rings is 2. The number of methoxy groups -OCH3 is 3. The highest BCUT2D eigenvalue weighted by Crippen LogP contribution is 2.39. The normalized spacial score (nSPS) is 10.7. The van der Waals surface area contributed by atoms with Gasteiger partial charge < -0.3 is 30.0 Å². The molecule has 0 spiro atoms. The minimum absolute atomic E-state index is 0. The molecule has 0 saturated carbocycles. The molecule has 2 aromatic rings. The van der Waals surface area contributed by atoms with E-state index in [-0.39, 0.29) is 36.3 Å².